The molecule has 0 spiro atoms. The number of aliphatic hydroxyl groups excluding tert-OH is 1. The molecule has 1 amide bonds. The smallest absolute Gasteiger partial charge is 0.258 e. The van der Waals surface area contributed by atoms with E-state index in [9.17, 15) is 9.90 Å². The van der Waals surface area contributed by atoms with Gasteiger partial charge in [-0.25, -0.2) is 0 Å². The van der Waals surface area contributed by atoms with Gasteiger partial charge < -0.3 is 15.2 Å². The Bertz CT molecular complexity index is 446. The zero-order valence-electron chi connectivity index (χ0n) is 11.5. The Hall–Kier alpha value is -1.07. The topological polar surface area (TPSA) is 58.6 Å². The molecule has 0 bridgehead atoms. The van der Waals surface area contributed by atoms with Crippen LogP contribution in [0.2, 0.25) is 0 Å². The van der Waals surface area contributed by atoms with Crippen molar-refractivity contribution in [1.29, 1.82) is 0 Å². The third-order valence-corrected chi connectivity index (χ3v) is 3.41. The highest BCUT2D eigenvalue weighted by atomic mass is 79.9. The monoisotopic (exact) mass is 329 g/mol. The van der Waals surface area contributed by atoms with E-state index in [0.717, 1.165) is 10.9 Å². The van der Waals surface area contributed by atoms with Gasteiger partial charge in [0.2, 0.25) is 0 Å². The summed E-state index contributed by atoms with van der Waals surface area (Å²) in [6.07, 6.45) is 0.846. The molecule has 1 aromatic rings. The number of rotatable bonds is 6. The van der Waals surface area contributed by atoms with Crippen LogP contribution >= 0.6 is 15.9 Å². The summed E-state index contributed by atoms with van der Waals surface area (Å²) in [5.41, 5.74) is 0.414. The standard InChI is InChI=1S/C14H20BrNO3/c1-4-14(2,3)16-13(18)9-19-12-6-5-11(15)7-10(12)8-17/h5-7,17H,4,8-9H2,1-3H3,(H,16,18). The molecule has 0 aliphatic rings. The van der Waals surface area contributed by atoms with Gasteiger partial charge in [0.15, 0.2) is 6.61 Å². The summed E-state index contributed by atoms with van der Waals surface area (Å²) in [6.45, 7) is 5.75. The molecule has 0 aromatic heterocycles. The SMILES string of the molecule is CCC(C)(C)NC(=O)COc1ccc(Br)cc1CO. The van der Waals surface area contributed by atoms with Crippen molar-refractivity contribution in [2.45, 2.75) is 39.3 Å². The molecule has 0 heterocycles. The minimum Gasteiger partial charge on any atom is -0.483 e. The molecule has 1 rings (SSSR count). The number of benzene rings is 1. The van der Waals surface area contributed by atoms with Gasteiger partial charge in [0.25, 0.3) is 5.91 Å². The lowest BCUT2D eigenvalue weighted by atomic mass is 10.0. The van der Waals surface area contributed by atoms with E-state index in [4.69, 9.17) is 4.74 Å². The fraction of sp³-hybridized carbons (Fsp3) is 0.500. The molecule has 0 saturated carbocycles. The van der Waals surface area contributed by atoms with E-state index in [1.165, 1.54) is 0 Å². The molecule has 0 atom stereocenters. The predicted octanol–water partition coefficient (Wildman–Crippen LogP) is 2.63. The third-order valence-electron chi connectivity index (χ3n) is 2.91. The second-order valence-electron chi connectivity index (χ2n) is 4.98. The van der Waals surface area contributed by atoms with Crippen LogP contribution in [0.25, 0.3) is 0 Å². The van der Waals surface area contributed by atoms with E-state index in [1.54, 1.807) is 12.1 Å². The first kappa shape index (κ1) is 16.0. The molecule has 19 heavy (non-hydrogen) atoms. The highest BCUT2D eigenvalue weighted by Crippen LogP contribution is 2.23. The number of amides is 1. The molecule has 0 fully saturated rings. The zero-order chi connectivity index (χ0) is 14.5. The maximum Gasteiger partial charge on any atom is 0.258 e. The van der Waals surface area contributed by atoms with E-state index in [2.05, 4.69) is 21.2 Å². The minimum atomic E-state index is -0.236. The lowest BCUT2D eigenvalue weighted by molar-refractivity contribution is -0.124. The summed E-state index contributed by atoms with van der Waals surface area (Å²) in [5.74, 6) is 0.355. The maximum atomic E-state index is 11.7. The number of hydrogen-bond donors (Lipinski definition) is 2. The molecule has 2 N–H and O–H groups in total. The first-order chi connectivity index (χ1) is 8.88. The van der Waals surface area contributed by atoms with Crippen LogP contribution in [-0.2, 0) is 11.4 Å². The van der Waals surface area contributed by atoms with Gasteiger partial charge in [0, 0.05) is 15.6 Å². The van der Waals surface area contributed by atoms with Crippen molar-refractivity contribution in [2.75, 3.05) is 6.61 Å². The van der Waals surface area contributed by atoms with Gasteiger partial charge in [-0.15, -0.1) is 0 Å². The van der Waals surface area contributed by atoms with E-state index in [-0.39, 0.29) is 24.7 Å². The quantitative estimate of drug-likeness (QED) is 0.843. The highest BCUT2D eigenvalue weighted by Gasteiger charge is 2.18. The molecule has 0 radical (unpaired) electrons. The molecular weight excluding hydrogens is 310 g/mol. The Balaban J connectivity index is 2.60. The Morgan fingerprint density at radius 3 is 2.74 bits per heavy atom. The van der Waals surface area contributed by atoms with Crippen molar-refractivity contribution in [1.82, 2.24) is 5.32 Å². The summed E-state index contributed by atoms with van der Waals surface area (Å²) in [6, 6.07) is 5.31. The van der Waals surface area contributed by atoms with Gasteiger partial charge in [-0.05, 0) is 38.5 Å². The lowest BCUT2D eigenvalue weighted by Crippen LogP contribution is -2.44. The Morgan fingerprint density at radius 1 is 1.47 bits per heavy atom. The number of hydrogen-bond acceptors (Lipinski definition) is 3. The molecule has 5 heteroatoms. The average Bonchev–Trinajstić information content (AvgIpc) is 2.36. The lowest BCUT2D eigenvalue weighted by Gasteiger charge is -2.24. The van der Waals surface area contributed by atoms with Crippen LogP contribution in [0.4, 0.5) is 0 Å². The average molecular weight is 330 g/mol. The largest absolute Gasteiger partial charge is 0.483 e. The molecular formula is C14H20BrNO3. The Labute approximate surface area is 122 Å². The van der Waals surface area contributed by atoms with Crippen molar-refractivity contribution in [2.24, 2.45) is 0 Å². The maximum absolute atomic E-state index is 11.7. The van der Waals surface area contributed by atoms with Crippen LogP contribution in [0.1, 0.15) is 32.8 Å². The fourth-order valence-electron chi connectivity index (χ4n) is 1.46. The predicted molar refractivity (Wildman–Crippen MR) is 78.1 cm³/mol. The summed E-state index contributed by atoms with van der Waals surface area (Å²) >= 11 is 3.32. The molecule has 0 aliphatic carbocycles. The molecule has 0 unspecified atom stereocenters. The number of aliphatic hydroxyl groups is 1. The first-order valence-corrected chi connectivity index (χ1v) is 7.00. The van der Waals surface area contributed by atoms with Crippen LogP contribution in [0.3, 0.4) is 0 Å². The van der Waals surface area contributed by atoms with Crippen LogP contribution in [0, 0.1) is 0 Å². The van der Waals surface area contributed by atoms with E-state index >= 15 is 0 Å². The van der Waals surface area contributed by atoms with Crippen molar-refractivity contribution in [3.63, 3.8) is 0 Å². The highest BCUT2D eigenvalue weighted by molar-refractivity contribution is 9.10. The number of carbonyl (C=O) groups is 1. The molecule has 106 valence electrons. The fourth-order valence-corrected chi connectivity index (χ4v) is 1.87. The third kappa shape index (κ3) is 5.20. The van der Waals surface area contributed by atoms with Crippen molar-refractivity contribution < 1.29 is 14.6 Å². The second kappa shape index (κ2) is 6.91. The van der Waals surface area contributed by atoms with Gasteiger partial charge in [-0.3, -0.25) is 4.79 Å². The van der Waals surface area contributed by atoms with Crippen LogP contribution in [0.15, 0.2) is 22.7 Å². The van der Waals surface area contributed by atoms with Gasteiger partial charge in [0.05, 0.1) is 6.61 Å². The summed E-state index contributed by atoms with van der Waals surface area (Å²) < 4.78 is 6.30. The zero-order valence-corrected chi connectivity index (χ0v) is 13.1. The van der Waals surface area contributed by atoms with Crippen molar-refractivity contribution in [3.05, 3.63) is 28.2 Å². The van der Waals surface area contributed by atoms with Gasteiger partial charge in [0.1, 0.15) is 5.75 Å². The summed E-state index contributed by atoms with van der Waals surface area (Å²) in [5, 5.41) is 12.1. The molecule has 4 nitrogen and oxygen atoms in total. The van der Waals surface area contributed by atoms with Crippen molar-refractivity contribution >= 4 is 21.8 Å². The number of ether oxygens (including phenoxy) is 1. The molecule has 1 aromatic carbocycles. The normalized spacial score (nSPS) is 11.2. The number of nitrogens with one attached hydrogen (secondary N) is 1. The molecule has 0 saturated heterocycles. The van der Waals surface area contributed by atoms with E-state index < -0.39 is 0 Å². The first-order valence-electron chi connectivity index (χ1n) is 6.21. The Kier molecular flexibility index (Phi) is 5.82. The van der Waals surface area contributed by atoms with Gasteiger partial charge in [-0.2, -0.15) is 0 Å². The second-order valence-corrected chi connectivity index (χ2v) is 5.90. The van der Waals surface area contributed by atoms with E-state index in [0.29, 0.717) is 11.3 Å². The van der Waals surface area contributed by atoms with Crippen LogP contribution in [-0.4, -0.2) is 23.2 Å². The van der Waals surface area contributed by atoms with Crippen LogP contribution < -0.4 is 10.1 Å². The summed E-state index contributed by atoms with van der Waals surface area (Å²) in [7, 11) is 0. The Morgan fingerprint density at radius 2 is 2.16 bits per heavy atom. The van der Waals surface area contributed by atoms with E-state index in [1.807, 2.05) is 26.8 Å². The minimum absolute atomic E-state index is 0.0575. The van der Waals surface area contributed by atoms with Crippen LogP contribution in [0.5, 0.6) is 5.75 Å². The van der Waals surface area contributed by atoms with Gasteiger partial charge >= 0.3 is 0 Å². The molecule has 0 aliphatic heterocycles. The summed E-state index contributed by atoms with van der Waals surface area (Å²) in [4.78, 5) is 11.7. The van der Waals surface area contributed by atoms with Crippen molar-refractivity contribution in [3.8, 4) is 5.75 Å². The number of halogens is 1. The number of carbonyl (C=O) groups excluding carboxylic acids is 1. The van der Waals surface area contributed by atoms with Gasteiger partial charge in [-0.1, -0.05) is 22.9 Å².